The van der Waals surface area contributed by atoms with Crippen LogP contribution < -0.4 is 16.8 Å². The first-order valence-corrected chi connectivity index (χ1v) is 5.42. The van der Waals surface area contributed by atoms with Gasteiger partial charge in [-0.1, -0.05) is 13.0 Å². The summed E-state index contributed by atoms with van der Waals surface area (Å²) in [6, 6.07) is 4.45. The third kappa shape index (κ3) is 4.01. The monoisotopic (exact) mass is 271 g/mol. The Morgan fingerprint density at radius 3 is 2.50 bits per heavy atom. The molecular weight excluding hydrogens is 254 g/mol. The van der Waals surface area contributed by atoms with Crippen LogP contribution in [0.2, 0.25) is 0 Å². The highest BCUT2D eigenvalue weighted by Gasteiger charge is 2.12. The van der Waals surface area contributed by atoms with Crippen molar-refractivity contribution in [3.8, 4) is 0 Å². The predicted molar refractivity (Wildman–Crippen MR) is 73.8 cm³/mol. The number of nitrogens with one attached hydrogen (secondary N) is 1. The molecule has 100 valence electrons. The molecule has 1 rings (SSSR count). The van der Waals surface area contributed by atoms with Crippen molar-refractivity contribution >= 4 is 29.9 Å². The largest absolute Gasteiger partial charge is 0.366 e. The first-order valence-electron chi connectivity index (χ1n) is 5.42. The number of nitrogens with two attached hydrogens (primary N) is 2. The fraction of sp³-hybridized carbons (Fsp3) is 0.333. The lowest BCUT2D eigenvalue weighted by Crippen LogP contribution is -2.34. The van der Waals surface area contributed by atoms with Crippen LogP contribution in [0.15, 0.2) is 18.2 Å². The molecule has 0 saturated carbocycles. The van der Waals surface area contributed by atoms with E-state index < -0.39 is 11.9 Å². The maximum Gasteiger partial charge on any atom is 0.249 e. The van der Waals surface area contributed by atoms with Gasteiger partial charge in [0.05, 0.1) is 6.04 Å². The van der Waals surface area contributed by atoms with Crippen molar-refractivity contribution in [2.45, 2.75) is 26.3 Å². The Kier molecular flexibility index (Phi) is 6.36. The smallest absolute Gasteiger partial charge is 0.249 e. The summed E-state index contributed by atoms with van der Waals surface area (Å²) in [7, 11) is 0. The first kappa shape index (κ1) is 16.4. The van der Waals surface area contributed by atoms with E-state index in [1.807, 2.05) is 6.92 Å². The molecule has 0 aliphatic carbocycles. The van der Waals surface area contributed by atoms with Crippen molar-refractivity contribution in [1.29, 1.82) is 0 Å². The molecule has 0 aliphatic rings. The molecule has 18 heavy (non-hydrogen) atoms. The van der Waals surface area contributed by atoms with Crippen LogP contribution in [0.25, 0.3) is 0 Å². The normalized spacial score (nSPS) is 11.3. The summed E-state index contributed by atoms with van der Waals surface area (Å²) in [4.78, 5) is 22.7. The Labute approximate surface area is 112 Å². The third-order valence-electron chi connectivity index (χ3n) is 2.55. The Balaban J connectivity index is 0.00000289. The van der Waals surface area contributed by atoms with Gasteiger partial charge in [-0.2, -0.15) is 0 Å². The summed E-state index contributed by atoms with van der Waals surface area (Å²) < 4.78 is 0. The number of hydrogen-bond donors (Lipinski definition) is 3. The Morgan fingerprint density at radius 1 is 1.39 bits per heavy atom. The molecule has 5 N–H and O–H groups in total. The summed E-state index contributed by atoms with van der Waals surface area (Å²) in [5.41, 5.74) is 12.5. The number of halogens is 1. The summed E-state index contributed by atoms with van der Waals surface area (Å²) in [5.74, 6) is -0.787. The molecule has 0 bridgehead atoms. The van der Waals surface area contributed by atoms with Crippen molar-refractivity contribution in [2.75, 3.05) is 5.32 Å². The van der Waals surface area contributed by atoms with E-state index in [9.17, 15) is 9.59 Å². The van der Waals surface area contributed by atoms with Crippen LogP contribution >= 0.6 is 12.4 Å². The van der Waals surface area contributed by atoms with Crippen LogP contribution in [0.4, 0.5) is 5.69 Å². The highest BCUT2D eigenvalue weighted by Crippen LogP contribution is 2.15. The molecule has 0 heterocycles. The van der Waals surface area contributed by atoms with Crippen LogP contribution in [0.3, 0.4) is 0 Å². The molecule has 0 saturated heterocycles. The first-order chi connectivity index (χ1) is 7.95. The van der Waals surface area contributed by atoms with Gasteiger partial charge in [0.15, 0.2) is 0 Å². The number of anilines is 1. The van der Waals surface area contributed by atoms with E-state index in [-0.39, 0.29) is 18.3 Å². The van der Waals surface area contributed by atoms with Gasteiger partial charge in [-0.15, -0.1) is 12.4 Å². The quantitative estimate of drug-likeness (QED) is 0.767. The van der Waals surface area contributed by atoms with Crippen LogP contribution in [0.5, 0.6) is 0 Å². The van der Waals surface area contributed by atoms with E-state index in [1.54, 1.807) is 25.1 Å². The number of carbonyl (C=O) groups excluding carboxylic acids is 2. The summed E-state index contributed by atoms with van der Waals surface area (Å²) in [5, 5.41) is 2.64. The third-order valence-corrected chi connectivity index (χ3v) is 2.55. The van der Waals surface area contributed by atoms with E-state index in [0.717, 1.165) is 5.56 Å². The lowest BCUT2D eigenvalue weighted by Gasteiger charge is -2.11. The molecule has 0 radical (unpaired) electrons. The standard InChI is InChI=1S/C12H17N3O2.ClH/c1-3-10(13)12(17)15-8-5-4-7(2)9(6-8)11(14)16;/h4-6,10H,3,13H2,1-2H3,(H2,14,16)(H,15,17);1H/t10-;/m0./s1. The molecule has 5 nitrogen and oxygen atoms in total. The maximum atomic E-state index is 11.6. The molecular formula is C12H18ClN3O2. The minimum Gasteiger partial charge on any atom is -0.366 e. The topological polar surface area (TPSA) is 98.2 Å². The highest BCUT2D eigenvalue weighted by molar-refractivity contribution is 5.98. The molecule has 2 amide bonds. The number of primary amides is 1. The molecule has 0 spiro atoms. The lowest BCUT2D eigenvalue weighted by molar-refractivity contribution is -0.117. The van der Waals surface area contributed by atoms with Gasteiger partial charge in [0.2, 0.25) is 11.8 Å². The second-order valence-corrected chi connectivity index (χ2v) is 3.90. The summed E-state index contributed by atoms with van der Waals surface area (Å²) in [6.07, 6.45) is 0.556. The maximum absolute atomic E-state index is 11.6. The van der Waals surface area contributed by atoms with Crippen molar-refractivity contribution in [3.05, 3.63) is 29.3 Å². The number of hydrogen-bond acceptors (Lipinski definition) is 3. The Hall–Kier alpha value is -1.59. The average molecular weight is 272 g/mol. The zero-order chi connectivity index (χ0) is 13.0. The minimum absolute atomic E-state index is 0. The van der Waals surface area contributed by atoms with Crippen LogP contribution in [0.1, 0.15) is 29.3 Å². The second kappa shape index (κ2) is 6.98. The average Bonchev–Trinajstić information content (AvgIpc) is 2.30. The molecule has 1 aromatic rings. The van der Waals surface area contributed by atoms with E-state index in [1.165, 1.54) is 0 Å². The Bertz CT molecular complexity index is 449. The van der Waals surface area contributed by atoms with Gasteiger partial charge < -0.3 is 16.8 Å². The van der Waals surface area contributed by atoms with Crippen LogP contribution in [-0.2, 0) is 4.79 Å². The molecule has 1 aromatic carbocycles. The van der Waals surface area contributed by atoms with Crippen molar-refractivity contribution in [3.63, 3.8) is 0 Å². The van der Waals surface area contributed by atoms with Crippen LogP contribution in [0, 0.1) is 6.92 Å². The zero-order valence-electron chi connectivity index (χ0n) is 10.4. The Morgan fingerprint density at radius 2 is 2.00 bits per heavy atom. The molecule has 6 heteroatoms. The van der Waals surface area contributed by atoms with Gasteiger partial charge in [0, 0.05) is 11.3 Å². The van der Waals surface area contributed by atoms with Gasteiger partial charge in [0.1, 0.15) is 0 Å². The number of aryl methyl sites for hydroxylation is 1. The van der Waals surface area contributed by atoms with Crippen LogP contribution in [-0.4, -0.2) is 17.9 Å². The predicted octanol–water partition coefficient (Wildman–Crippen LogP) is 1.19. The van der Waals surface area contributed by atoms with Gasteiger partial charge in [-0.25, -0.2) is 0 Å². The minimum atomic E-state index is -0.548. The van der Waals surface area contributed by atoms with Crippen molar-refractivity contribution < 1.29 is 9.59 Å². The van der Waals surface area contributed by atoms with E-state index >= 15 is 0 Å². The van der Waals surface area contributed by atoms with Gasteiger partial charge in [-0.3, -0.25) is 9.59 Å². The van der Waals surface area contributed by atoms with E-state index in [2.05, 4.69) is 5.32 Å². The fourth-order valence-electron chi connectivity index (χ4n) is 1.39. The fourth-order valence-corrected chi connectivity index (χ4v) is 1.39. The highest BCUT2D eigenvalue weighted by atomic mass is 35.5. The van der Waals surface area contributed by atoms with Crippen molar-refractivity contribution in [1.82, 2.24) is 0 Å². The lowest BCUT2D eigenvalue weighted by atomic mass is 10.1. The van der Waals surface area contributed by atoms with Gasteiger partial charge >= 0.3 is 0 Å². The number of benzene rings is 1. The van der Waals surface area contributed by atoms with E-state index in [0.29, 0.717) is 17.7 Å². The van der Waals surface area contributed by atoms with E-state index in [4.69, 9.17) is 11.5 Å². The molecule has 0 aromatic heterocycles. The number of amides is 2. The second-order valence-electron chi connectivity index (χ2n) is 3.90. The molecule has 0 unspecified atom stereocenters. The summed E-state index contributed by atoms with van der Waals surface area (Å²) >= 11 is 0. The molecule has 1 atom stereocenters. The summed E-state index contributed by atoms with van der Waals surface area (Å²) in [6.45, 7) is 3.61. The SMILES string of the molecule is CC[C@H](N)C(=O)Nc1ccc(C)c(C(N)=O)c1.Cl. The van der Waals surface area contributed by atoms with Gasteiger partial charge in [0.25, 0.3) is 0 Å². The number of rotatable bonds is 4. The molecule has 0 aliphatic heterocycles. The number of carbonyl (C=O) groups is 2. The molecule has 0 fully saturated rings. The zero-order valence-corrected chi connectivity index (χ0v) is 11.2. The van der Waals surface area contributed by atoms with Gasteiger partial charge in [-0.05, 0) is 31.0 Å². The van der Waals surface area contributed by atoms with Crippen molar-refractivity contribution in [2.24, 2.45) is 11.5 Å².